The minimum absolute atomic E-state index is 0.0590. The highest BCUT2D eigenvalue weighted by Crippen LogP contribution is 2.31. The van der Waals surface area contributed by atoms with Crippen molar-refractivity contribution >= 4 is 33.0 Å². The van der Waals surface area contributed by atoms with Gasteiger partial charge >= 0.3 is 0 Å². The fourth-order valence-electron chi connectivity index (χ4n) is 3.61. The number of nitro groups is 1. The van der Waals surface area contributed by atoms with Gasteiger partial charge < -0.3 is 10.2 Å². The number of carbonyl (C=O) groups excluding carboxylic acids is 1. The molecule has 3 aliphatic heterocycles. The number of nitrogens with zero attached hydrogens (tertiary/aromatic N) is 2. The van der Waals surface area contributed by atoms with Crippen LogP contribution in [0.4, 0.5) is 5.69 Å². The summed E-state index contributed by atoms with van der Waals surface area (Å²) in [7, 11) is 0. The maximum Gasteiger partial charge on any atom is 0.270 e. The average Bonchev–Trinajstić information content (AvgIpc) is 2.99. The van der Waals surface area contributed by atoms with Gasteiger partial charge in [0.15, 0.2) is 0 Å². The Hall–Kier alpha value is -1.99. The summed E-state index contributed by atoms with van der Waals surface area (Å²) >= 11 is 1.32. The number of hydrogen-bond donors (Lipinski definition) is 1. The molecule has 3 saturated heterocycles. The predicted molar refractivity (Wildman–Crippen MR) is 88.9 cm³/mol. The quantitative estimate of drug-likeness (QED) is 0.693. The number of hydrogen-bond acceptors (Lipinski definition) is 5. The van der Waals surface area contributed by atoms with Crippen LogP contribution in [0.1, 0.15) is 22.5 Å². The van der Waals surface area contributed by atoms with Gasteiger partial charge in [0.05, 0.1) is 9.80 Å². The number of benzene rings is 1. The van der Waals surface area contributed by atoms with E-state index in [9.17, 15) is 14.9 Å². The third-order valence-electron chi connectivity index (χ3n) is 4.91. The number of thiophene rings is 1. The van der Waals surface area contributed by atoms with Crippen molar-refractivity contribution in [3.8, 4) is 0 Å². The van der Waals surface area contributed by atoms with Crippen LogP contribution in [0.2, 0.25) is 0 Å². The Bertz CT molecular complexity index is 780. The Morgan fingerprint density at radius 3 is 2.74 bits per heavy atom. The van der Waals surface area contributed by atoms with Gasteiger partial charge in [0.25, 0.3) is 11.6 Å². The normalized spacial score (nSPS) is 26.3. The van der Waals surface area contributed by atoms with Crippen molar-refractivity contribution in [2.24, 2.45) is 5.92 Å². The van der Waals surface area contributed by atoms with E-state index in [1.54, 1.807) is 6.07 Å². The molecule has 6 nitrogen and oxygen atoms in total. The summed E-state index contributed by atoms with van der Waals surface area (Å²) in [4.78, 5) is 26.0. The molecule has 3 fully saturated rings. The van der Waals surface area contributed by atoms with Crippen LogP contribution in [0.25, 0.3) is 10.1 Å². The molecule has 7 heteroatoms. The lowest BCUT2D eigenvalue weighted by molar-refractivity contribution is -0.384. The number of piperidine rings is 3. The van der Waals surface area contributed by atoms with Crippen molar-refractivity contribution in [3.05, 3.63) is 39.3 Å². The molecule has 2 bridgehead atoms. The Morgan fingerprint density at radius 1 is 1.30 bits per heavy atom. The summed E-state index contributed by atoms with van der Waals surface area (Å²) < 4.78 is 0.776. The molecule has 1 aromatic carbocycles. The van der Waals surface area contributed by atoms with E-state index in [1.807, 2.05) is 6.07 Å². The van der Waals surface area contributed by atoms with Crippen LogP contribution in [0.15, 0.2) is 24.3 Å². The van der Waals surface area contributed by atoms with Crippen LogP contribution in [0.5, 0.6) is 0 Å². The SMILES string of the molecule is O=C(N[C@H]1CN2CCC1CC2)c1cc2ccc([N+](=O)[O-])cc2s1. The first-order valence-corrected chi connectivity index (χ1v) is 8.63. The number of amides is 1. The summed E-state index contributed by atoms with van der Waals surface area (Å²) in [5.74, 6) is 0.520. The van der Waals surface area contributed by atoms with Crippen LogP contribution < -0.4 is 5.32 Å². The monoisotopic (exact) mass is 331 g/mol. The minimum atomic E-state index is -0.411. The van der Waals surface area contributed by atoms with E-state index in [2.05, 4.69) is 10.2 Å². The predicted octanol–water partition coefficient (Wildman–Crippen LogP) is 2.63. The van der Waals surface area contributed by atoms with Gasteiger partial charge in [0.1, 0.15) is 0 Å². The highest BCUT2D eigenvalue weighted by atomic mass is 32.1. The molecule has 0 spiro atoms. The molecule has 4 heterocycles. The molecule has 1 N–H and O–H groups in total. The van der Waals surface area contributed by atoms with Gasteiger partial charge in [0.2, 0.25) is 0 Å². The van der Waals surface area contributed by atoms with Gasteiger partial charge in [-0.2, -0.15) is 0 Å². The first-order chi connectivity index (χ1) is 11.1. The maximum absolute atomic E-state index is 12.5. The molecular formula is C16H17N3O3S. The van der Waals surface area contributed by atoms with Crippen molar-refractivity contribution in [3.63, 3.8) is 0 Å². The fraction of sp³-hybridized carbons (Fsp3) is 0.438. The van der Waals surface area contributed by atoms with E-state index in [0.29, 0.717) is 10.8 Å². The van der Waals surface area contributed by atoms with Gasteiger partial charge in [-0.25, -0.2) is 0 Å². The van der Waals surface area contributed by atoms with Gasteiger partial charge in [0, 0.05) is 29.4 Å². The molecule has 1 aromatic heterocycles. The van der Waals surface area contributed by atoms with Gasteiger partial charge in [-0.15, -0.1) is 11.3 Å². The summed E-state index contributed by atoms with van der Waals surface area (Å²) in [6, 6.07) is 6.76. The number of nitrogens with one attached hydrogen (secondary N) is 1. The van der Waals surface area contributed by atoms with Gasteiger partial charge in [-0.1, -0.05) is 0 Å². The van der Waals surface area contributed by atoms with Crippen LogP contribution >= 0.6 is 11.3 Å². The number of rotatable bonds is 3. The lowest BCUT2D eigenvalue weighted by atomic mass is 9.84. The van der Waals surface area contributed by atoms with Crippen LogP contribution in [-0.4, -0.2) is 41.4 Å². The molecular weight excluding hydrogens is 314 g/mol. The number of nitro benzene ring substituents is 1. The summed E-state index contributed by atoms with van der Waals surface area (Å²) in [6.45, 7) is 3.22. The summed E-state index contributed by atoms with van der Waals surface area (Å²) in [5.41, 5.74) is 0.0590. The zero-order valence-corrected chi connectivity index (χ0v) is 13.3. The second-order valence-electron chi connectivity index (χ2n) is 6.31. The first kappa shape index (κ1) is 14.6. The van der Waals surface area contributed by atoms with Crippen molar-refractivity contribution in [2.75, 3.05) is 19.6 Å². The largest absolute Gasteiger partial charge is 0.347 e. The Balaban J connectivity index is 1.54. The molecule has 0 unspecified atom stereocenters. The topological polar surface area (TPSA) is 75.5 Å². The standard InChI is InChI=1S/C16H17N3O3S/c20-16(17-13-9-18-5-3-10(13)4-6-18)15-7-11-1-2-12(19(21)22)8-14(11)23-15/h1-2,7-8,10,13H,3-6,9H2,(H,17,20)/t13-/m0/s1. The van der Waals surface area contributed by atoms with Crippen LogP contribution in [0.3, 0.4) is 0 Å². The van der Waals surface area contributed by atoms with E-state index in [1.165, 1.54) is 23.5 Å². The van der Waals surface area contributed by atoms with E-state index in [0.717, 1.165) is 42.6 Å². The smallest absolute Gasteiger partial charge is 0.270 e. The highest BCUT2D eigenvalue weighted by molar-refractivity contribution is 7.20. The first-order valence-electron chi connectivity index (χ1n) is 7.81. The van der Waals surface area contributed by atoms with Crippen LogP contribution in [0, 0.1) is 16.0 Å². The van der Waals surface area contributed by atoms with Crippen LogP contribution in [-0.2, 0) is 0 Å². The van der Waals surface area contributed by atoms with Gasteiger partial charge in [-0.3, -0.25) is 14.9 Å². The Kier molecular flexibility index (Phi) is 3.54. The second-order valence-corrected chi connectivity index (χ2v) is 7.39. The Morgan fingerprint density at radius 2 is 2.09 bits per heavy atom. The number of fused-ring (bicyclic) bond motifs is 4. The zero-order valence-electron chi connectivity index (χ0n) is 12.5. The van der Waals surface area contributed by atoms with E-state index < -0.39 is 4.92 Å². The molecule has 1 atom stereocenters. The minimum Gasteiger partial charge on any atom is -0.347 e. The molecule has 0 radical (unpaired) electrons. The molecule has 23 heavy (non-hydrogen) atoms. The molecule has 3 aliphatic rings. The van der Waals surface area contributed by atoms with Crippen molar-refractivity contribution in [1.29, 1.82) is 0 Å². The average molecular weight is 331 g/mol. The zero-order chi connectivity index (χ0) is 16.0. The van der Waals surface area contributed by atoms with E-state index in [-0.39, 0.29) is 17.6 Å². The third kappa shape index (κ3) is 2.70. The lowest BCUT2D eigenvalue weighted by Gasteiger charge is -2.44. The van der Waals surface area contributed by atoms with Crippen molar-refractivity contribution in [2.45, 2.75) is 18.9 Å². The molecule has 5 rings (SSSR count). The molecule has 0 saturated carbocycles. The third-order valence-corrected chi connectivity index (χ3v) is 6.01. The molecule has 120 valence electrons. The van der Waals surface area contributed by atoms with E-state index in [4.69, 9.17) is 0 Å². The fourth-order valence-corrected chi connectivity index (χ4v) is 4.61. The lowest BCUT2D eigenvalue weighted by Crippen LogP contribution is -2.57. The van der Waals surface area contributed by atoms with Gasteiger partial charge in [-0.05, 0) is 49.4 Å². The number of non-ortho nitro benzene ring substituents is 1. The van der Waals surface area contributed by atoms with E-state index >= 15 is 0 Å². The van der Waals surface area contributed by atoms with Crippen molar-refractivity contribution in [1.82, 2.24) is 10.2 Å². The molecule has 2 aromatic rings. The number of carbonyl (C=O) groups is 1. The second kappa shape index (κ2) is 5.58. The Labute approximate surface area is 137 Å². The maximum atomic E-state index is 12.5. The summed E-state index contributed by atoms with van der Waals surface area (Å²) in [5, 5.41) is 14.9. The summed E-state index contributed by atoms with van der Waals surface area (Å²) in [6.07, 6.45) is 2.31. The van der Waals surface area contributed by atoms with Crippen molar-refractivity contribution < 1.29 is 9.72 Å². The highest BCUT2D eigenvalue weighted by Gasteiger charge is 2.35. The molecule has 1 amide bonds. The molecule has 0 aliphatic carbocycles.